The molecule has 126 valence electrons. The van der Waals surface area contributed by atoms with Gasteiger partial charge in [-0.1, -0.05) is 24.3 Å². The fourth-order valence-corrected chi connectivity index (χ4v) is 3.33. The van der Waals surface area contributed by atoms with Gasteiger partial charge in [-0.05, 0) is 49.1 Å². The van der Waals surface area contributed by atoms with Crippen molar-refractivity contribution >= 4 is 23.7 Å². The molecule has 0 saturated carbocycles. The van der Waals surface area contributed by atoms with Crippen molar-refractivity contribution < 1.29 is 9.59 Å². The van der Waals surface area contributed by atoms with Gasteiger partial charge in [0.25, 0.3) is 11.8 Å². The Morgan fingerprint density at radius 3 is 2.00 bits per heavy atom. The van der Waals surface area contributed by atoms with Crippen molar-refractivity contribution in [2.75, 3.05) is 18.0 Å². The number of anilines is 1. The third kappa shape index (κ3) is 2.93. The van der Waals surface area contributed by atoms with Gasteiger partial charge < -0.3 is 4.90 Å². The van der Waals surface area contributed by atoms with Crippen molar-refractivity contribution in [3.8, 4) is 0 Å². The number of carbonyl (C=O) groups excluding carboxylic acids is 2. The maximum atomic E-state index is 12.3. The van der Waals surface area contributed by atoms with E-state index in [9.17, 15) is 9.59 Å². The van der Waals surface area contributed by atoms with Crippen LogP contribution >= 0.6 is 0 Å². The molecule has 0 aliphatic carbocycles. The summed E-state index contributed by atoms with van der Waals surface area (Å²) in [7, 11) is 0. The molecule has 0 N–H and O–H groups in total. The number of nitrogens with zero attached hydrogens (tertiary/aromatic N) is 3. The number of piperidine rings is 1. The second-order valence-corrected chi connectivity index (χ2v) is 6.35. The minimum Gasteiger partial charge on any atom is -0.372 e. The molecule has 4 rings (SSSR count). The molecule has 2 amide bonds. The molecule has 0 spiro atoms. The number of carbonyl (C=O) groups is 2. The first-order valence-corrected chi connectivity index (χ1v) is 8.61. The van der Waals surface area contributed by atoms with Crippen LogP contribution in [-0.2, 0) is 0 Å². The van der Waals surface area contributed by atoms with Crippen LogP contribution in [0.1, 0.15) is 45.5 Å². The Bertz CT molecular complexity index is 801. The second-order valence-electron chi connectivity index (χ2n) is 6.35. The summed E-state index contributed by atoms with van der Waals surface area (Å²) in [6.07, 6.45) is 5.34. The average Bonchev–Trinajstić information content (AvgIpc) is 2.92. The van der Waals surface area contributed by atoms with E-state index < -0.39 is 0 Å². The van der Waals surface area contributed by atoms with Crippen molar-refractivity contribution in [1.29, 1.82) is 0 Å². The summed E-state index contributed by atoms with van der Waals surface area (Å²) in [6.45, 7) is 2.20. The van der Waals surface area contributed by atoms with Crippen LogP contribution in [-0.4, -0.2) is 36.1 Å². The van der Waals surface area contributed by atoms with Crippen molar-refractivity contribution in [3.05, 3.63) is 65.2 Å². The Morgan fingerprint density at radius 1 is 0.800 bits per heavy atom. The SMILES string of the molecule is O=C1c2ccccc2C(=O)N1N=Cc1ccc(N2CCCCC2)cc1. The monoisotopic (exact) mass is 333 g/mol. The molecule has 0 unspecified atom stereocenters. The van der Waals surface area contributed by atoms with Gasteiger partial charge in [0.05, 0.1) is 17.3 Å². The first-order chi connectivity index (χ1) is 12.2. The summed E-state index contributed by atoms with van der Waals surface area (Å²) in [6, 6.07) is 14.9. The van der Waals surface area contributed by atoms with Gasteiger partial charge in [-0.2, -0.15) is 10.1 Å². The van der Waals surface area contributed by atoms with E-state index in [0.29, 0.717) is 11.1 Å². The lowest BCUT2D eigenvalue weighted by molar-refractivity contribution is 0.0660. The quantitative estimate of drug-likeness (QED) is 0.640. The summed E-state index contributed by atoms with van der Waals surface area (Å²) in [5.41, 5.74) is 2.88. The third-order valence-electron chi connectivity index (χ3n) is 4.71. The highest BCUT2D eigenvalue weighted by Gasteiger charge is 2.35. The molecule has 25 heavy (non-hydrogen) atoms. The highest BCUT2D eigenvalue weighted by molar-refractivity contribution is 6.21. The first-order valence-electron chi connectivity index (χ1n) is 8.61. The first kappa shape index (κ1) is 15.6. The number of benzene rings is 2. The Kier molecular flexibility index (Phi) is 4.06. The number of rotatable bonds is 3. The summed E-state index contributed by atoms with van der Waals surface area (Å²) in [4.78, 5) is 26.9. The van der Waals surface area contributed by atoms with Gasteiger partial charge in [0, 0.05) is 18.8 Å². The van der Waals surface area contributed by atoms with Crippen molar-refractivity contribution in [2.24, 2.45) is 5.10 Å². The van der Waals surface area contributed by atoms with E-state index in [-0.39, 0.29) is 11.8 Å². The fraction of sp³-hybridized carbons (Fsp3) is 0.250. The summed E-state index contributed by atoms with van der Waals surface area (Å²) in [5, 5.41) is 5.04. The normalized spacial score (nSPS) is 17.4. The number of fused-ring (bicyclic) bond motifs is 1. The van der Waals surface area contributed by atoms with Crippen LogP contribution in [0.15, 0.2) is 53.6 Å². The lowest BCUT2D eigenvalue weighted by atomic mass is 10.1. The molecular formula is C20H19N3O2. The maximum absolute atomic E-state index is 12.3. The van der Waals surface area contributed by atoms with Crippen LogP contribution in [0.5, 0.6) is 0 Å². The van der Waals surface area contributed by atoms with Gasteiger partial charge in [0.1, 0.15) is 0 Å². The predicted octanol–water partition coefficient (Wildman–Crippen LogP) is 3.31. The van der Waals surface area contributed by atoms with Crippen molar-refractivity contribution in [2.45, 2.75) is 19.3 Å². The van der Waals surface area contributed by atoms with E-state index in [2.05, 4.69) is 22.1 Å². The average molecular weight is 333 g/mol. The highest BCUT2D eigenvalue weighted by atomic mass is 16.2. The molecule has 0 radical (unpaired) electrons. The summed E-state index contributed by atoms with van der Waals surface area (Å²) < 4.78 is 0. The fourth-order valence-electron chi connectivity index (χ4n) is 3.33. The molecule has 2 aromatic carbocycles. The van der Waals surface area contributed by atoms with Crippen LogP contribution in [0.3, 0.4) is 0 Å². The number of imide groups is 1. The van der Waals surface area contributed by atoms with E-state index in [4.69, 9.17) is 0 Å². The predicted molar refractivity (Wildman–Crippen MR) is 97.0 cm³/mol. The molecule has 2 aromatic rings. The maximum Gasteiger partial charge on any atom is 0.282 e. The Hall–Kier alpha value is -2.95. The van der Waals surface area contributed by atoms with Crippen LogP contribution in [0, 0.1) is 0 Å². The Labute approximate surface area is 146 Å². The Balaban J connectivity index is 1.49. The zero-order valence-corrected chi connectivity index (χ0v) is 13.9. The zero-order chi connectivity index (χ0) is 17.2. The highest BCUT2D eigenvalue weighted by Crippen LogP contribution is 2.23. The molecule has 1 saturated heterocycles. The molecule has 2 heterocycles. The molecular weight excluding hydrogens is 314 g/mol. The number of hydrogen-bond donors (Lipinski definition) is 0. The third-order valence-corrected chi connectivity index (χ3v) is 4.71. The largest absolute Gasteiger partial charge is 0.372 e. The van der Waals surface area contributed by atoms with Crippen LogP contribution in [0.4, 0.5) is 5.69 Å². The lowest BCUT2D eigenvalue weighted by Gasteiger charge is -2.28. The van der Waals surface area contributed by atoms with Gasteiger partial charge in [0.15, 0.2) is 0 Å². The number of hydrogen-bond acceptors (Lipinski definition) is 4. The number of hydrazone groups is 1. The lowest BCUT2D eigenvalue weighted by Crippen LogP contribution is -2.29. The van der Waals surface area contributed by atoms with Gasteiger partial charge >= 0.3 is 0 Å². The molecule has 2 aliphatic heterocycles. The van der Waals surface area contributed by atoms with Crippen LogP contribution in [0.2, 0.25) is 0 Å². The van der Waals surface area contributed by atoms with E-state index in [1.54, 1.807) is 30.5 Å². The zero-order valence-electron chi connectivity index (χ0n) is 13.9. The van der Waals surface area contributed by atoms with Crippen LogP contribution < -0.4 is 4.90 Å². The van der Waals surface area contributed by atoms with Crippen molar-refractivity contribution in [3.63, 3.8) is 0 Å². The summed E-state index contributed by atoms with van der Waals surface area (Å²) >= 11 is 0. The molecule has 0 atom stereocenters. The minimum atomic E-state index is -0.373. The van der Waals surface area contributed by atoms with Gasteiger partial charge in [-0.25, -0.2) is 0 Å². The standard InChI is InChI=1S/C20H19N3O2/c24-19-17-6-2-3-7-18(17)20(25)23(19)21-14-15-8-10-16(11-9-15)22-12-4-1-5-13-22/h2-3,6-11,14H,1,4-5,12-13H2. The second kappa shape index (κ2) is 6.51. The van der Waals surface area contributed by atoms with Gasteiger partial charge in [0.2, 0.25) is 0 Å². The van der Waals surface area contributed by atoms with E-state index in [0.717, 1.165) is 23.7 Å². The van der Waals surface area contributed by atoms with Gasteiger partial charge in [-0.3, -0.25) is 9.59 Å². The molecule has 5 heteroatoms. The van der Waals surface area contributed by atoms with Crippen molar-refractivity contribution in [1.82, 2.24) is 5.01 Å². The smallest absolute Gasteiger partial charge is 0.282 e. The van der Waals surface area contributed by atoms with E-state index >= 15 is 0 Å². The number of amides is 2. The Morgan fingerprint density at radius 2 is 1.40 bits per heavy atom. The summed E-state index contributed by atoms with van der Waals surface area (Å²) in [5.74, 6) is -0.747. The molecule has 1 fully saturated rings. The minimum absolute atomic E-state index is 0.373. The topological polar surface area (TPSA) is 53.0 Å². The molecule has 0 bridgehead atoms. The van der Waals surface area contributed by atoms with E-state index in [1.165, 1.54) is 24.9 Å². The van der Waals surface area contributed by atoms with Crippen LogP contribution in [0.25, 0.3) is 0 Å². The molecule has 0 aromatic heterocycles. The molecule has 2 aliphatic rings. The van der Waals surface area contributed by atoms with Gasteiger partial charge in [-0.15, -0.1) is 0 Å². The van der Waals surface area contributed by atoms with E-state index in [1.807, 2.05) is 12.1 Å². The molecule has 5 nitrogen and oxygen atoms in total.